The third kappa shape index (κ3) is 7.53. The van der Waals surface area contributed by atoms with Gasteiger partial charge in [0.25, 0.3) is 0 Å². The van der Waals surface area contributed by atoms with E-state index in [9.17, 15) is 19.2 Å². The lowest BCUT2D eigenvalue weighted by Gasteiger charge is -2.36. The van der Waals surface area contributed by atoms with Crippen LogP contribution in [0.2, 0.25) is 5.02 Å². The van der Waals surface area contributed by atoms with Crippen molar-refractivity contribution in [2.75, 3.05) is 6.54 Å². The molecule has 0 spiro atoms. The molecule has 2 heterocycles. The van der Waals surface area contributed by atoms with Gasteiger partial charge >= 0.3 is 24.3 Å². The largest absolute Gasteiger partial charge is 0.517 e. The number of rotatable bonds is 2. The normalized spacial score (nSPS) is 15.4. The number of fused-ring (bicyclic) bond motifs is 3. The maximum atomic E-state index is 13.8. The maximum Gasteiger partial charge on any atom is 0.517 e. The molecule has 1 amide bonds. The van der Waals surface area contributed by atoms with Gasteiger partial charge in [0.1, 0.15) is 22.8 Å². The van der Waals surface area contributed by atoms with Crippen molar-refractivity contribution in [2.24, 2.45) is 0 Å². The maximum absolute atomic E-state index is 13.8. The van der Waals surface area contributed by atoms with Crippen LogP contribution in [0.5, 0.6) is 0 Å². The second kappa shape index (κ2) is 11.8. The van der Waals surface area contributed by atoms with Gasteiger partial charge < -0.3 is 18.9 Å². The van der Waals surface area contributed by atoms with Crippen LogP contribution in [0.25, 0.3) is 10.9 Å². The fourth-order valence-electron chi connectivity index (χ4n) is 4.98. The topological polar surface area (TPSA) is 113 Å². The fourth-order valence-corrected chi connectivity index (χ4v) is 5.16. The molecule has 2 aromatic carbocycles. The van der Waals surface area contributed by atoms with E-state index in [4.69, 9.17) is 30.5 Å². The highest BCUT2D eigenvalue weighted by Gasteiger charge is 2.40. The average Bonchev–Trinajstić information content (AvgIpc) is 3.18. The lowest BCUT2D eigenvalue weighted by Crippen LogP contribution is -2.43. The molecule has 3 aromatic rings. The Labute approximate surface area is 262 Å². The molecule has 0 saturated heterocycles. The molecule has 1 aliphatic heterocycles. The monoisotopic (exact) mass is 626 g/mol. The molecule has 11 heteroatoms. The number of carbonyl (C=O) groups is 4. The molecule has 1 aromatic heterocycles. The smallest absolute Gasteiger partial charge is 0.456 e. The van der Waals surface area contributed by atoms with Crippen LogP contribution in [0.1, 0.15) is 95.5 Å². The van der Waals surface area contributed by atoms with Crippen LogP contribution in [0.15, 0.2) is 42.5 Å². The third-order valence-electron chi connectivity index (χ3n) is 6.48. The van der Waals surface area contributed by atoms with E-state index in [2.05, 4.69) is 0 Å². The number of hydrogen-bond donors (Lipinski definition) is 0. The quantitative estimate of drug-likeness (QED) is 0.159. The van der Waals surface area contributed by atoms with Gasteiger partial charge in [0.05, 0.1) is 16.8 Å². The number of halogens is 1. The van der Waals surface area contributed by atoms with Crippen molar-refractivity contribution in [3.8, 4) is 0 Å². The first-order valence-electron chi connectivity index (χ1n) is 14.3. The Morgan fingerprint density at radius 3 is 1.93 bits per heavy atom. The van der Waals surface area contributed by atoms with Crippen LogP contribution in [0.4, 0.5) is 14.4 Å². The molecule has 0 saturated carbocycles. The number of carbonyl (C=O) groups excluding carboxylic acids is 4. The Balaban J connectivity index is 1.89. The summed E-state index contributed by atoms with van der Waals surface area (Å²) in [5.74, 6) is -0.507. The van der Waals surface area contributed by atoms with Crippen molar-refractivity contribution in [3.05, 3.63) is 69.9 Å². The van der Waals surface area contributed by atoms with E-state index in [1.807, 2.05) is 0 Å². The predicted octanol–water partition coefficient (Wildman–Crippen LogP) is 8.05. The van der Waals surface area contributed by atoms with Crippen molar-refractivity contribution < 1.29 is 38.1 Å². The first kappa shape index (κ1) is 32.9. The minimum absolute atomic E-state index is 0.146. The zero-order valence-corrected chi connectivity index (χ0v) is 27.3. The van der Waals surface area contributed by atoms with E-state index in [1.54, 1.807) is 105 Å². The molecule has 0 fully saturated rings. The Bertz CT molecular complexity index is 1600. The minimum Gasteiger partial charge on any atom is -0.456 e. The fraction of sp³-hybridized carbons (Fsp3) is 0.455. The highest BCUT2D eigenvalue weighted by Crippen LogP contribution is 2.42. The summed E-state index contributed by atoms with van der Waals surface area (Å²) in [4.78, 5) is 54.0. The van der Waals surface area contributed by atoms with Gasteiger partial charge in [-0.05, 0) is 110 Å². The molecule has 1 atom stereocenters. The minimum atomic E-state index is -1.15. The Hall–Kier alpha value is -4.05. The van der Waals surface area contributed by atoms with E-state index >= 15 is 0 Å². The summed E-state index contributed by atoms with van der Waals surface area (Å²) in [5, 5.41) is 1.21. The van der Waals surface area contributed by atoms with E-state index in [0.717, 1.165) is 10.9 Å². The van der Waals surface area contributed by atoms with Gasteiger partial charge in [-0.3, -0.25) is 4.90 Å². The van der Waals surface area contributed by atoms with E-state index in [0.29, 0.717) is 33.8 Å². The molecule has 236 valence electrons. The Morgan fingerprint density at radius 2 is 1.36 bits per heavy atom. The number of hydrogen-bond acceptors (Lipinski definition) is 8. The molecular formula is C33H39ClN2O8. The van der Waals surface area contributed by atoms with Crippen LogP contribution in [-0.4, -0.2) is 57.1 Å². The van der Waals surface area contributed by atoms with Gasteiger partial charge in [0, 0.05) is 17.0 Å². The summed E-state index contributed by atoms with van der Waals surface area (Å²) in [6.07, 6.45) is -2.42. The molecule has 44 heavy (non-hydrogen) atoms. The van der Waals surface area contributed by atoms with Crippen molar-refractivity contribution >= 4 is 46.8 Å². The summed E-state index contributed by atoms with van der Waals surface area (Å²) in [6.45, 7) is 15.7. The zero-order chi connectivity index (χ0) is 32.8. The van der Waals surface area contributed by atoms with Gasteiger partial charge in [-0.2, -0.15) is 0 Å². The van der Waals surface area contributed by atoms with Crippen molar-refractivity contribution in [3.63, 3.8) is 0 Å². The van der Waals surface area contributed by atoms with E-state index < -0.39 is 47.2 Å². The van der Waals surface area contributed by atoms with Crippen LogP contribution >= 0.6 is 11.6 Å². The average molecular weight is 627 g/mol. The summed E-state index contributed by atoms with van der Waals surface area (Å²) in [5.41, 5.74) is 0.260. The predicted molar refractivity (Wildman–Crippen MR) is 165 cm³/mol. The van der Waals surface area contributed by atoms with Crippen LogP contribution in [0, 0.1) is 0 Å². The summed E-state index contributed by atoms with van der Waals surface area (Å²) >= 11 is 6.39. The van der Waals surface area contributed by atoms with E-state index in [1.165, 1.54) is 9.47 Å². The first-order chi connectivity index (χ1) is 20.2. The van der Waals surface area contributed by atoms with Crippen LogP contribution in [-0.2, 0) is 25.4 Å². The molecule has 1 unspecified atom stereocenters. The van der Waals surface area contributed by atoms with Crippen molar-refractivity contribution in [1.82, 2.24) is 9.47 Å². The second-order valence-corrected chi connectivity index (χ2v) is 14.1. The SMILES string of the molecule is CC(C)(C)OC(=O)OC(=O)N1CCc2c(n(C(=O)OC(C)(C)C)c3ccc(Cl)cc23)C1c1ccc(C(=O)OC(C)(C)C)cc1. The highest BCUT2D eigenvalue weighted by molar-refractivity contribution is 6.31. The van der Waals surface area contributed by atoms with Gasteiger partial charge in [-0.25, -0.2) is 23.7 Å². The lowest BCUT2D eigenvalue weighted by molar-refractivity contribution is 0.00000802. The van der Waals surface area contributed by atoms with Gasteiger partial charge in [-0.1, -0.05) is 23.7 Å². The molecule has 0 aliphatic carbocycles. The number of nitrogens with zero attached hydrogens (tertiary/aromatic N) is 2. The molecule has 0 bridgehead atoms. The van der Waals surface area contributed by atoms with Gasteiger partial charge in [0.2, 0.25) is 0 Å². The van der Waals surface area contributed by atoms with E-state index in [-0.39, 0.29) is 6.54 Å². The highest BCUT2D eigenvalue weighted by atomic mass is 35.5. The number of aromatic nitrogens is 1. The van der Waals surface area contributed by atoms with Gasteiger partial charge in [-0.15, -0.1) is 0 Å². The number of benzene rings is 2. The van der Waals surface area contributed by atoms with Crippen LogP contribution in [0.3, 0.4) is 0 Å². The van der Waals surface area contributed by atoms with Crippen LogP contribution < -0.4 is 0 Å². The molecule has 1 aliphatic rings. The standard InChI is InChI=1S/C33H39ClN2O8/c1-31(2,3)42-27(37)20-12-10-19(11-13-20)25-26-22(16-17-35(25)28(38)41-30(40)44-33(7,8)9)23-18-21(34)14-15-24(23)36(26)29(39)43-32(4,5)6/h10-15,18,25H,16-17H2,1-9H3. The lowest BCUT2D eigenvalue weighted by atomic mass is 9.92. The first-order valence-corrected chi connectivity index (χ1v) is 14.7. The Morgan fingerprint density at radius 1 is 0.773 bits per heavy atom. The number of ether oxygens (including phenoxy) is 4. The molecule has 0 N–H and O–H groups in total. The summed E-state index contributed by atoms with van der Waals surface area (Å²) in [6, 6.07) is 10.8. The molecule has 10 nitrogen and oxygen atoms in total. The summed E-state index contributed by atoms with van der Waals surface area (Å²) < 4.78 is 23.1. The second-order valence-electron chi connectivity index (χ2n) is 13.6. The third-order valence-corrected chi connectivity index (χ3v) is 6.71. The van der Waals surface area contributed by atoms with Gasteiger partial charge in [0.15, 0.2) is 0 Å². The van der Waals surface area contributed by atoms with Crippen molar-refractivity contribution in [1.29, 1.82) is 0 Å². The molecular weight excluding hydrogens is 588 g/mol. The Kier molecular flexibility index (Phi) is 8.81. The summed E-state index contributed by atoms with van der Waals surface area (Å²) in [7, 11) is 0. The number of amides is 1. The molecule has 4 rings (SSSR count). The zero-order valence-electron chi connectivity index (χ0n) is 26.6. The number of esters is 1. The van der Waals surface area contributed by atoms with Crippen molar-refractivity contribution in [2.45, 2.75) is 91.6 Å². The molecule has 0 radical (unpaired) electrons.